The molecule has 0 saturated carbocycles. The summed E-state index contributed by atoms with van der Waals surface area (Å²) in [6.45, 7) is 4.01. The summed E-state index contributed by atoms with van der Waals surface area (Å²) < 4.78 is 27.2. The van der Waals surface area contributed by atoms with Crippen LogP contribution in [0.2, 0.25) is 0 Å². The van der Waals surface area contributed by atoms with Crippen LogP contribution in [0.1, 0.15) is 31.7 Å². The molecular formula is C24H30N4O5S. The molecule has 9 nitrogen and oxygen atoms in total. The third kappa shape index (κ3) is 6.88. The number of nitrogens with one attached hydrogen (secondary N) is 3. The fourth-order valence-corrected chi connectivity index (χ4v) is 5.28. The Labute approximate surface area is 200 Å². The first-order valence-corrected chi connectivity index (χ1v) is 12.6. The Hall–Kier alpha value is -3.24. The van der Waals surface area contributed by atoms with Gasteiger partial charge in [0.15, 0.2) is 0 Å². The van der Waals surface area contributed by atoms with Crippen LogP contribution in [0.5, 0.6) is 0 Å². The topological polar surface area (TPSA) is 125 Å². The Balaban J connectivity index is 1.44. The molecule has 182 valence electrons. The lowest BCUT2D eigenvalue weighted by Gasteiger charge is -2.30. The molecule has 0 bridgehead atoms. The number of aryl methyl sites for hydroxylation is 1. The van der Waals surface area contributed by atoms with Gasteiger partial charge in [0.1, 0.15) is 0 Å². The summed E-state index contributed by atoms with van der Waals surface area (Å²) in [5.74, 6) is -0.882. The van der Waals surface area contributed by atoms with Gasteiger partial charge in [-0.1, -0.05) is 12.1 Å². The van der Waals surface area contributed by atoms with Crippen LogP contribution >= 0.6 is 0 Å². The number of amides is 3. The number of carbonyl (C=O) groups excluding carboxylic acids is 3. The predicted molar refractivity (Wildman–Crippen MR) is 130 cm³/mol. The molecule has 0 radical (unpaired) electrons. The van der Waals surface area contributed by atoms with Crippen molar-refractivity contribution in [3.05, 3.63) is 54.1 Å². The van der Waals surface area contributed by atoms with Crippen molar-refractivity contribution in [1.82, 2.24) is 9.62 Å². The highest BCUT2D eigenvalue weighted by Gasteiger charge is 2.32. The second-order valence-corrected chi connectivity index (χ2v) is 10.3. The minimum Gasteiger partial charge on any atom is -0.355 e. The maximum absolute atomic E-state index is 12.9. The quantitative estimate of drug-likeness (QED) is 0.529. The fraction of sp³-hybridized carbons (Fsp3) is 0.375. The minimum atomic E-state index is -3.68. The third-order valence-electron chi connectivity index (χ3n) is 5.59. The highest BCUT2D eigenvalue weighted by atomic mass is 32.2. The van der Waals surface area contributed by atoms with Crippen LogP contribution in [0, 0.1) is 12.8 Å². The van der Waals surface area contributed by atoms with E-state index in [0.717, 1.165) is 11.3 Å². The lowest BCUT2D eigenvalue weighted by Crippen LogP contribution is -2.43. The molecule has 34 heavy (non-hydrogen) atoms. The lowest BCUT2D eigenvalue weighted by molar-refractivity contribution is -0.126. The average molecular weight is 487 g/mol. The van der Waals surface area contributed by atoms with Crippen molar-refractivity contribution in [1.29, 1.82) is 0 Å². The molecule has 1 heterocycles. The summed E-state index contributed by atoms with van der Waals surface area (Å²) in [7, 11) is -3.68. The van der Waals surface area contributed by atoms with E-state index in [-0.39, 0.29) is 54.6 Å². The van der Waals surface area contributed by atoms with Gasteiger partial charge in [-0.05, 0) is 61.7 Å². The molecule has 0 aliphatic carbocycles. The first kappa shape index (κ1) is 25.4. The molecule has 10 heteroatoms. The fourth-order valence-electron chi connectivity index (χ4n) is 3.81. The van der Waals surface area contributed by atoms with Crippen molar-refractivity contribution in [3.63, 3.8) is 0 Å². The summed E-state index contributed by atoms with van der Waals surface area (Å²) in [6, 6.07) is 13.5. The van der Waals surface area contributed by atoms with E-state index < -0.39 is 10.0 Å². The van der Waals surface area contributed by atoms with Crippen LogP contribution in [0.25, 0.3) is 0 Å². The minimum absolute atomic E-state index is 0.143. The summed E-state index contributed by atoms with van der Waals surface area (Å²) in [6.07, 6.45) is 0.969. The van der Waals surface area contributed by atoms with Crippen molar-refractivity contribution in [2.75, 3.05) is 30.3 Å². The summed E-state index contributed by atoms with van der Waals surface area (Å²) in [4.78, 5) is 35.8. The summed E-state index contributed by atoms with van der Waals surface area (Å²) in [5, 5.41) is 8.19. The number of nitrogens with zero attached hydrogens (tertiary/aromatic N) is 1. The van der Waals surface area contributed by atoms with Gasteiger partial charge in [-0.2, -0.15) is 4.31 Å². The van der Waals surface area contributed by atoms with E-state index in [2.05, 4.69) is 16.0 Å². The van der Waals surface area contributed by atoms with Gasteiger partial charge in [0.25, 0.3) is 0 Å². The number of hydrogen-bond acceptors (Lipinski definition) is 5. The lowest BCUT2D eigenvalue weighted by atomic mass is 9.97. The number of sulfonamides is 1. The molecule has 0 aromatic heterocycles. The van der Waals surface area contributed by atoms with Crippen molar-refractivity contribution in [2.45, 2.75) is 38.0 Å². The number of piperidine rings is 1. The molecule has 0 unspecified atom stereocenters. The van der Waals surface area contributed by atoms with Gasteiger partial charge in [-0.15, -0.1) is 0 Å². The monoisotopic (exact) mass is 486 g/mol. The van der Waals surface area contributed by atoms with Crippen LogP contribution in [-0.2, 0) is 24.4 Å². The van der Waals surface area contributed by atoms with E-state index in [1.54, 1.807) is 12.1 Å². The molecule has 2 aromatic rings. The largest absolute Gasteiger partial charge is 0.355 e. The highest BCUT2D eigenvalue weighted by molar-refractivity contribution is 7.89. The summed E-state index contributed by atoms with van der Waals surface area (Å²) in [5.41, 5.74) is 2.28. The molecule has 1 fully saturated rings. The van der Waals surface area contributed by atoms with Crippen LogP contribution in [0.4, 0.5) is 11.4 Å². The second-order valence-electron chi connectivity index (χ2n) is 8.34. The first-order valence-electron chi connectivity index (χ1n) is 11.2. The second kappa shape index (κ2) is 11.3. The van der Waals surface area contributed by atoms with Crippen molar-refractivity contribution in [2.24, 2.45) is 5.92 Å². The first-order chi connectivity index (χ1) is 16.1. The molecule has 3 rings (SSSR count). The molecule has 1 aliphatic rings. The Morgan fingerprint density at radius 3 is 2.26 bits per heavy atom. The Kier molecular flexibility index (Phi) is 8.41. The Morgan fingerprint density at radius 1 is 0.971 bits per heavy atom. The zero-order valence-corrected chi connectivity index (χ0v) is 20.2. The maximum atomic E-state index is 12.9. The number of benzene rings is 2. The average Bonchev–Trinajstić information content (AvgIpc) is 2.79. The van der Waals surface area contributed by atoms with Crippen LogP contribution in [0.3, 0.4) is 0 Å². The zero-order valence-electron chi connectivity index (χ0n) is 19.3. The van der Waals surface area contributed by atoms with Crippen LogP contribution in [-0.4, -0.2) is 50.1 Å². The van der Waals surface area contributed by atoms with E-state index >= 15 is 0 Å². The van der Waals surface area contributed by atoms with Crippen LogP contribution in [0.15, 0.2) is 53.4 Å². The van der Waals surface area contributed by atoms with Gasteiger partial charge in [0, 0.05) is 50.3 Å². The van der Waals surface area contributed by atoms with Crippen LogP contribution < -0.4 is 16.0 Å². The number of hydrogen-bond donors (Lipinski definition) is 3. The molecular weight excluding hydrogens is 456 g/mol. The molecule has 3 N–H and O–H groups in total. The third-order valence-corrected chi connectivity index (χ3v) is 7.50. The molecule has 1 aliphatic heterocycles. The van der Waals surface area contributed by atoms with E-state index in [1.807, 2.05) is 31.2 Å². The van der Waals surface area contributed by atoms with Gasteiger partial charge >= 0.3 is 0 Å². The Morgan fingerprint density at radius 2 is 1.65 bits per heavy atom. The van der Waals surface area contributed by atoms with E-state index in [0.29, 0.717) is 18.5 Å². The molecule has 3 amide bonds. The zero-order chi connectivity index (χ0) is 24.7. The molecule has 0 atom stereocenters. The van der Waals surface area contributed by atoms with Crippen molar-refractivity contribution in [3.8, 4) is 0 Å². The Bertz CT molecular complexity index is 1140. The molecule has 0 spiro atoms. The molecule has 2 aromatic carbocycles. The maximum Gasteiger partial charge on any atom is 0.243 e. The van der Waals surface area contributed by atoms with Gasteiger partial charge in [0.2, 0.25) is 27.7 Å². The van der Waals surface area contributed by atoms with E-state index in [9.17, 15) is 22.8 Å². The SMILES string of the molecule is CC(=O)Nc1ccc(S(=O)(=O)N2CCC(C(=O)NCCC(=O)Nc3cccc(C)c3)CC2)cc1. The number of rotatable bonds is 8. The van der Waals surface area contributed by atoms with Gasteiger partial charge in [-0.25, -0.2) is 8.42 Å². The van der Waals surface area contributed by atoms with Crippen molar-refractivity contribution < 1.29 is 22.8 Å². The predicted octanol–water partition coefficient (Wildman–Crippen LogP) is 2.50. The smallest absolute Gasteiger partial charge is 0.243 e. The summed E-state index contributed by atoms with van der Waals surface area (Å²) >= 11 is 0. The highest BCUT2D eigenvalue weighted by Crippen LogP contribution is 2.25. The van der Waals surface area contributed by atoms with Gasteiger partial charge in [-0.3, -0.25) is 14.4 Å². The number of carbonyl (C=O) groups is 3. The normalized spacial score (nSPS) is 14.9. The van der Waals surface area contributed by atoms with Crippen molar-refractivity contribution >= 4 is 39.1 Å². The van der Waals surface area contributed by atoms with E-state index in [1.165, 1.54) is 23.4 Å². The number of anilines is 2. The van der Waals surface area contributed by atoms with Gasteiger partial charge < -0.3 is 16.0 Å². The standard InChI is InChI=1S/C24H30N4O5S/c1-17-4-3-5-21(16-17)27-23(30)10-13-25-24(31)19-11-14-28(15-12-19)34(32,33)22-8-6-20(7-9-22)26-18(2)29/h3-9,16,19H,10-15H2,1-2H3,(H,25,31)(H,26,29)(H,27,30). The van der Waals surface area contributed by atoms with Gasteiger partial charge in [0.05, 0.1) is 4.90 Å². The molecule has 1 saturated heterocycles. The van der Waals surface area contributed by atoms with E-state index in [4.69, 9.17) is 0 Å².